The van der Waals surface area contributed by atoms with Gasteiger partial charge in [-0.05, 0) is 38.2 Å². The van der Waals surface area contributed by atoms with Crippen LogP contribution in [0.15, 0.2) is 0 Å². The molecule has 2 heterocycles. The first-order chi connectivity index (χ1) is 11.5. The minimum Gasteiger partial charge on any atom is -0.465 e. The molecule has 0 aromatic carbocycles. The van der Waals surface area contributed by atoms with Crippen molar-refractivity contribution >= 4 is 11.9 Å². The Kier molecular flexibility index (Phi) is 4.94. The monoisotopic (exact) mass is 333 g/mol. The van der Waals surface area contributed by atoms with E-state index < -0.39 is 0 Å². The van der Waals surface area contributed by atoms with Crippen LogP contribution in [-0.2, 0) is 11.2 Å². The Morgan fingerprint density at radius 3 is 2.71 bits per heavy atom. The molecule has 6 nitrogen and oxygen atoms in total. The van der Waals surface area contributed by atoms with Crippen LogP contribution in [0.25, 0.3) is 0 Å². The molecule has 24 heavy (non-hydrogen) atoms. The molecule has 1 aromatic heterocycles. The molecule has 132 valence electrons. The van der Waals surface area contributed by atoms with E-state index >= 15 is 0 Å². The minimum atomic E-state index is -0.382. The van der Waals surface area contributed by atoms with Gasteiger partial charge in [0.2, 0.25) is 0 Å². The highest BCUT2D eigenvalue weighted by atomic mass is 16.5. The van der Waals surface area contributed by atoms with Gasteiger partial charge in [-0.15, -0.1) is 0 Å². The molecule has 1 atom stereocenters. The van der Waals surface area contributed by atoms with Crippen molar-refractivity contribution in [2.75, 3.05) is 20.2 Å². The van der Waals surface area contributed by atoms with Crippen LogP contribution in [0.4, 0.5) is 0 Å². The fourth-order valence-electron chi connectivity index (χ4n) is 3.68. The van der Waals surface area contributed by atoms with E-state index in [4.69, 9.17) is 4.74 Å². The number of H-pyrrole nitrogens is 1. The van der Waals surface area contributed by atoms with Crippen molar-refractivity contribution in [3.8, 4) is 0 Å². The molecule has 1 aliphatic carbocycles. The van der Waals surface area contributed by atoms with Crippen LogP contribution in [0.5, 0.6) is 0 Å². The number of carbonyl (C=O) groups is 2. The minimum absolute atomic E-state index is 0.112. The molecule has 0 spiro atoms. The van der Waals surface area contributed by atoms with E-state index in [0.29, 0.717) is 23.4 Å². The number of amides is 1. The number of carbonyl (C=O) groups excluding carboxylic acids is 2. The molecule has 1 saturated carbocycles. The fourth-order valence-corrected chi connectivity index (χ4v) is 3.68. The Labute approximate surface area is 142 Å². The standard InChI is InChI=1S/C18H27N3O3/c1-4-5-14-15(18(23)24-3)11(2)19-16(14)17(22)20-12-8-9-21(10-12)13-6-7-13/h12-13,19H,4-10H2,1-3H3,(H,20,22)/t12-/m1/s1. The zero-order valence-electron chi connectivity index (χ0n) is 14.8. The van der Waals surface area contributed by atoms with Gasteiger partial charge in [-0.25, -0.2) is 4.79 Å². The van der Waals surface area contributed by atoms with Gasteiger partial charge < -0.3 is 15.0 Å². The molecule has 1 aliphatic heterocycles. The van der Waals surface area contributed by atoms with Gasteiger partial charge in [-0.1, -0.05) is 13.3 Å². The Morgan fingerprint density at radius 1 is 1.33 bits per heavy atom. The molecule has 1 saturated heterocycles. The lowest BCUT2D eigenvalue weighted by atomic mass is 10.0. The summed E-state index contributed by atoms with van der Waals surface area (Å²) >= 11 is 0. The summed E-state index contributed by atoms with van der Waals surface area (Å²) in [6, 6.07) is 0.930. The number of nitrogens with zero attached hydrogens (tertiary/aromatic N) is 1. The fraction of sp³-hybridized carbons (Fsp3) is 0.667. The molecule has 0 unspecified atom stereocenters. The van der Waals surface area contributed by atoms with Crippen molar-refractivity contribution in [2.24, 2.45) is 0 Å². The number of ether oxygens (including phenoxy) is 1. The number of aromatic amines is 1. The predicted molar refractivity (Wildman–Crippen MR) is 91.3 cm³/mol. The number of hydrogen-bond donors (Lipinski definition) is 2. The quantitative estimate of drug-likeness (QED) is 0.781. The van der Waals surface area contributed by atoms with Crippen LogP contribution in [0.2, 0.25) is 0 Å². The van der Waals surface area contributed by atoms with E-state index in [1.807, 2.05) is 13.8 Å². The van der Waals surface area contributed by atoms with Crippen molar-refractivity contribution in [1.82, 2.24) is 15.2 Å². The summed E-state index contributed by atoms with van der Waals surface area (Å²) in [4.78, 5) is 30.4. The second-order valence-electron chi connectivity index (χ2n) is 6.91. The Morgan fingerprint density at radius 2 is 2.08 bits per heavy atom. The van der Waals surface area contributed by atoms with Crippen LogP contribution in [0.1, 0.15) is 64.7 Å². The highest BCUT2D eigenvalue weighted by Gasteiger charge is 2.35. The largest absolute Gasteiger partial charge is 0.465 e. The lowest BCUT2D eigenvalue weighted by Crippen LogP contribution is -2.38. The van der Waals surface area contributed by atoms with Crippen molar-refractivity contribution in [1.29, 1.82) is 0 Å². The molecule has 6 heteroatoms. The highest BCUT2D eigenvalue weighted by Crippen LogP contribution is 2.30. The zero-order chi connectivity index (χ0) is 17.3. The summed E-state index contributed by atoms with van der Waals surface area (Å²) in [5.74, 6) is -0.494. The van der Waals surface area contributed by atoms with Crippen LogP contribution in [-0.4, -0.2) is 54.0 Å². The van der Waals surface area contributed by atoms with Crippen LogP contribution in [0, 0.1) is 6.92 Å². The smallest absolute Gasteiger partial charge is 0.339 e. The molecule has 2 aliphatic rings. The van der Waals surface area contributed by atoms with Crippen LogP contribution in [0.3, 0.4) is 0 Å². The lowest BCUT2D eigenvalue weighted by Gasteiger charge is -2.16. The maximum Gasteiger partial charge on any atom is 0.339 e. The molecule has 1 aromatic rings. The molecule has 2 fully saturated rings. The third-order valence-electron chi connectivity index (χ3n) is 5.03. The second-order valence-corrected chi connectivity index (χ2v) is 6.91. The second kappa shape index (κ2) is 6.97. The van der Waals surface area contributed by atoms with Gasteiger partial charge in [0.05, 0.1) is 12.7 Å². The summed E-state index contributed by atoms with van der Waals surface area (Å²) in [6.07, 6.45) is 5.12. The third kappa shape index (κ3) is 3.34. The number of aryl methyl sites for hydroxylation is 1. The molecular weight excluding hydrogens is 306 g/mol. The Bertz CT molecular complexity index is 634. The lowest BCUT2D eigenvalue weighted by molar-refractivity contribution is 0.0599. The van der Waals surface area contributed by atoms with Gasteiger partial charge >= 0.3 is 5.97 Å². The molecule has 3 rings (SSSR count). The number of methoxy groups -OCH3 is 1. The molecular formula is C18H27N3O3. The van der Waals surface area contributed by atoms with E-state index in [1.165, 1.54) is 20.0 Å². The highest BCUT2D eigenvalue weighted by molar-refractivity contribution is 6.00. The first-order valence-electron chi connectivity index (χ1n) is 8.89. The van der Waals surface area contributed by atoms with E-state index in [-0.39, 0.29) is 17.9 Å². The summed E-state index contributed by atoms with van der Waals surface area (Å²) in [6.45, 7) is 5.85. The summed E-state index contributed by atoms with van der Waals surface area (Å²) in [7, 11) is 1.37. The van der Waals surface area contributed by atoms with Crippen molar-refractivity contribution in [3.05, 3.63) is 22.5 Å². The van der Waals surface area contributed by atoms with Gasteiger partial charge in [0.1, 0.15) is 5.69 Å². The number of esters is 1. The molecule has 0 radical (unpaired) electrons. The average Bonchev–Trinajstić information content (AvgIpc) is 3.22. The average molecular weight is 333 g/mol. The number of likely N-dealkylation sites (tertiary alicyclic amines) is 1. The van der Waals surface area contributed by atoms with Gasteiger partial charge in [0.15, 0.2) is 0 Å². The van der Waals surface area contributed by atoms with Crippen molar-refractivity contribution < 1.29 is 14.3 Å². The summed E-state index contributed by atoms with van der Waals surface area (Å²) in [5, 5.41) is 3.14. The summed E-state index contributed by atoms with van der Waals surface area (Å²) < 4.78 is 4.88. The van der Waals surface area contributed by atoms with E-state index in [2.05, 4.69) is 15.2 Å². The summed E-state index contributed by atoms with van der Waals surface area (Å²) in [5.41, 5.74) is 2.49. The van der Waals surface area contributed by atoms with Crippen molar-refractivity contribution in [3.63, 3.8) is 0 Å². The van der Waals surface area contributed by atoms with Gasteiger partial charge in [-0.2, -0.15) is 0 Å². The molecule has 0 bridgehead atoms. The normalized spacial score (nSPS) is 21.0. The van der Waals surface area contributed by atoms with Gasteiger partial charge in [-0.3, -0.25) is 9.69 Å². The number of nitrogens with one attached hydrogen (secondary N) is 2. The molecule has 2 N–H and O–H groups in total. The molecule has 1 amide bonds. The Balaban J connectivity index is 1.75. The van der Waals surface area contributed by atoms with Crippen molar-refractivity contribution in [2.45, 2.75) is 58.0 Å². The van der Waals surface area contributed by atoms with E-state index in [1.54, 1.807) is 0 Å². The van der Waals surface area contributed by atoms with E-state index in [0.717, 1.165) is 37.5 Å². The van der Waals surface area contributed by atoms with Crippen LogP contribution >= 0.6 is 0 Å². The maximum absolute atomic E-state index is 12.8. The van der Waals surface area contributed by atoms with Gasteiger partial charge in [0, 0.05) is 30.9 Å². The van der Waals surface area contributed by atoms with E-state index in [9.17, 15) is 9.59 Å². The first kappa shape index (κ1) is 17.0. The first-order valence-corrected chi connectivity index (χ1v) is 8.89. The number of aromatic nitrogens is 1. The predicted octanol–water partition coefficient (Wildman–Crippen LogP) is 2.03. The topological polar surface area (TPSA) is 74.4 Å². The maximum atomic E-state index is 12.8. The van der Waals surface area contributed by atoms with Gasteiger partial charge in [0.25, 0.3) is 5.91 Å². The number of hydrogen-bond acceptors (Lipinski definition) is 4. The zero-order valence-corrected chi connectivity index (χ0v) is 14.8. The Hall–Kier alpha value is -1.82. The number of rotatable bonds is 6. The third-order valence-corrected chi connectivity index (χ3v) is 5.03. The SMILES string of the molecule is CCCc1c(C(=O)N[C@@H]2CCN(C3CC3)C2)[nH]c(C)c1C(=O)OC. The van der Waals surface area contributed by atoms with Crippen LogP contribution < -0.4 is 5.32 Å².